The Morgan fingerprint density at radius 1 is 1.00 bits per heavy atom. The minimum absolute atomic E-state index is 0.762. The Labute approximate surface area is 104 Å². The van der Waals surface area contributed by atoms with E-state index in [1.54, 1.807) is 0 Å². The molecule has 88 valence electrons. The van der Waals surface area contributed by atoms with Crippen LogP contribution >= 0.6 is 11.6 Å². The van der Waals surface area contributed by atoms with Crippen LogP contribution in [-0.2, 0) is 0 Å². The lowest BCUT2D eigenvalue weighted by molar-refractivity contribution is 0.842. The van der Waals surface area contributed by atoms with E-state index < -0.39 is 25.2 Å². The fourth-order valence-corrected chi connectivity index (χ4v) is 29.1. The molecule has 0 unspecified atom stereocenters. The zero-order valence-corrected chi connectivity index (χ0v) is 15.3. The molecule has 1 aliphatic rings. The van der Waals surface area contributed by atoms with E-state index in [-0.39, 0.29) is 0 Å². The highest BCUT2D eigenvalue weighted by atomic mass is 35.5. The molecule has 0 spiro atoms. The zero-order chi connectivity index (χ0) is 11.9. The Hall–Kier alpha value is 1.04. The molecule has 0 aliphatic carbocycles. The molecule has 0 saturated carbocycles. The molecule has 1 fully saturated rings. The molecule has 0 aromatic heterocycles. The predicted octanol–water partition coefficient (Wildman–Crippen LogP) is 1.40. The molecule has 0 atom stereocenters. The first-order chi connectivity index (χ1) is 6.61. The molecule has 8 heteroatoms. The molecule has 2 N–H and O–H groups in total. The summed E-state index contributed by atoms with van der Waals surface area (Å²) in [6, 6.07) is 0. The van der Waals surface area contributed by atoms with E-state index in [9.17, 15) is 0 Å². The molecule has 2 radical (unpaired) electrons. The van der Waals surface area contributed by atoms with Gasteiger partial charge in [-0.25, -0.2) is 0 Å². The number of rotatable bonds is 2. The van der Waals surface area contributed by atoms with Crippen LogP contribution in [0.25, 0.3) is 0 Å². The van der Waals surface area contributed by atoms with E-state index >= 15 is 0 Å². The van der Waals surface area contributed by atoms with Crippen molar-refractivity contribution in [2.24, 2.45) is 0 Å². The minimum Gasteiger partial charge on any atom is -0.346 e. The van der Waals surface area contributed by atoms with Crippen molar-refractivity contribution in [1.29, 1.82) is 0 Å². The van der Waals surface area contributed by atoms with Crippen molar-refractivity contribution >= 4 is 46.5 Å². The molecule has 0 aromatic rings. The summed E-state index contributed by atoms with van der Waals surface area (Å²) in [7, 11) is -3.51. The highest BCUT2D eigenvalue weighted by molar-refractivity contribution is 7.08. The lowest BCUT2D eigenvalue weighted by Gasteiger charge is -2.56. The Bertz CT molecular complexity index is 226. The molecular weight excluding hydrogens is 274 g/mol. The van der Waals surface area contributed by atoms with Gasteiger partial charge < -0.3 is 13.2 Å². The van der Waals surface area contributed by atoms with Crippen molar-refractivity contribution in [3.63, 3.8) is 0 Å². The summed E-state index contributed by atoms with van der Waals surface area (Å²) in [5.74, 6) is 0. The van der Waals surface area contributed by atoms with Gasteiger partial charge in [-0.2, -0.15) is 0 Å². The molecule has 0 aromatic carbocycles. The van der Waals surface area contributed by atoms with Crippen LogP contribution in [0.2, 0.25) is 39.3 Å². The van der Waals surface area contributed by atoms with Crippen LogP contribution < -0.4 is 9.30 Å². The zero-order valence-electron chi connectivity index (χ0n) is 10.5. The van der Waals surface area contributed by atoms with Gasteiger partial charge in [0, 0.05) is 5.50 Å². The molecule has 15 heavy (non-hydrogen) atoms. The SMILES string of the molecule is C[Si]1(C)N[Si](C)(C)N([Si]CCl)[Si](C)(C)N1. The Kier molecular flexibility index (Phi) is 4.11. The highest BCUT2D eigenvalue weighted by Gasteiger charge is 2.50. The molecule has 3 nitrogen and oxygen atoms in total. The second-order valence-electron chi connectivity index (χ2n) is 5.62. The van der Waals surface area contributed by atoms with Crippen LogP contribution in [0.15, 0.2) is 0 Å². The number of halogens is 1. The largest absolute Gasteiger partial charge is 0.346 e. The molecule has 0 bridgehead atoms. The van der Waals surface area contributed by atoms with Gasteiger partial charge >= 0.3 is 0 Å². The van der Waals surface area contributed by atoms with E-state index in [4.69, 9.17) is 11.6 Å². The van der Waals surface area contributed by atoms with Gasteiger partial charge in [0.05, 0.1) is 0 Å². The van der Waals surface area contributed by atoms with Crippen molar-refractivity contribution in [2.45, 2.75) is 39.3 Å². The number of nitrogens with zero attached hydrogens (tertiary/aromatic N) is 1. The van der Waals surface area contributed by atoms with Gasteiger partial charge in [0.15, 0.2) is 25.2 Å². The number of alkyl halides is 1. The van der Waals surface area contributed by atoms with Gasteiger partial charge in [-0.15, -0.1) is 11.6 Å². The molecule has 0 amide bonds. The maximum Gasteiger partial charge on any atom is 0.183 e. The first-order valence-electron chi connectivity index (χ1n) is 5.29. The summed E-state index contributed by atoms with van der Waals surface area (Å²) < 4.78 is 10.5. The minimum atomic E-state index is -1.44. The summed E-state index contributed by atoms with van der Waals surface area (Å²) in [6.07, 6.45) is 0. The van der Waals surface area contributed by atoms with Crippen molar-refractivity contribution in [3.8, 4) is 0 Å². The predicted molar refractivity (Wildman–Crippen MR) is 77.0 cm³/mol. The summed E-state index contributed by atoms with van der Waals surface area (Å²) in [6.45, 7) is 14.4. The normalized spacial score (nSPS) is 29.0. The first kappa shape index (κ1) is 14.1. The van der Waals surface area contributed by atoms with E-state index in [0.717, 1.165) is 15.2 Å². The van der Waals surface area contributed by atoms with Gasteiger partial charge in [-0.1, -0.05) is 0 Å². The Morgan fingerprint density at radius 3 is 1.73 bits per heavy atom. The van der Waals surface area contributed by atoms with Crippen LogP contribution in [0.5, 0.6) is 0 Å². The molecular formula is C7H22ClN3Si4. The van der Waals surface area contributed by atoms with E-state index in [0.29, 0.717) is 0 Å². The molecule has 1 aliphatic heterocycles. The van der Waals surface area contributed by atoms with E-state index in [1.165, 1.54) is 0 Å². The third kappa shape index (κ3) is 3.25. The quantitative estimate of drug-likeness (QED) is 0.596. The second-order valence-corrected chi connectivity index (χ2v) is 21.2. The van der Waals surface area contributed by atoms with E-state index in [1.807, 2.05) is 0 Å². The Morgan fingerprint density at radius 2 is 1.40 bits per heavy atom. The standard InChI is InChI=1S/C7H22ClN3Si4/c1-13(2)9-14(3,4)11(12-7-8)15(5,6)10-13/h9-10H,7H2,1-6H3. The van der Waals surface area contributed by atoms with Crippen LogP contribution in [0.3, 0.4) is 0 Å². The first-order valence-corrected chi connectivity index (χ1v) is 15.9. The van der Waals surface area contributed by atoms with Crippen LogP contribution in [0, 0.1) is 0 Å². The van der Waals surface area contributed by atoms with Gasteiger partial charge in [-0.3, -0.25) is 0 Å². The van der Waals surface area contributed by atoms with Crippen LogP contribution in [0.4, 0.5) is 0 Å². The third-order valence-electron chi connectivity index (χ3n) is 2.57. The summed E-state index contributed by atoms with van der Waals surface area (Å²) in [5, 5.41) is 0. The lowest BCUT2D eigenvalue weighted by Crippen LogP contribution is -2.89. The van der Waals surface area contributed by atoms with Gasteiger partial charge in [0.1, 0.15) is 9.68 Å². The van der Waals surface area contributed by atoms with Crippen molar-refractivity contribution in [2.75, 3.05) is 5.50 Å². The summed E-state index contributed by atoms with van der Waals surface area (Å²) in [5.41, 5.74) is 0.762. The third-order valence-corrected chi connectivity index (χ3v) is 23.2. The van der Waals surface area contributed by atoms with Gasteiger partial charge in [-0.05, 0) is 39.3 Å². The van der Waals surface area contributed by atoms with Crippen molar-refractivity contribution in [3.05, 3.63) is 0 Å². The highest BCUT2D eigenvalue weighted by Crippen LogP contribution is 2.22. The summed E-state index contributed by atoms with van der Waals surface area (Å²) in [4.78, 5) is 0. The summed E-state index contributed by atoms with van der Waals surface area (Å²) >= 11 is 5.93. The number of nitrogens with one attached hydrogen (secondary N) is 2. The van der Waals surface area contributed by atoms with Crippen LogP contribution in [-0.4, -0.2) is 44.3 Å². The topological polar surface area (TPSA) is 27.3 Å². The van der Waals surface area contributed by atoms with Crippen molar-refractivity contribution in [1.82, 2.24) is 13.2 Å². The number of hydrogen-bond acceptors (Lipinski definition) is 3. The smallest absolute Gasteiger partial charge is 0.183 e. The van der Waals surface area contributed by atoms with Crippen LogP contribution in [0.1, 0.15) is 0 Å². The fourth-order valence-electron chi connectivity index (χ4n) is 2.83. The Balaban J connectivity index is 2.95. The monoisotopic (exact) mass is 295 g/mol. The van der Waals surface area contributed by atoms with E-state index in [2.05, 4.69) is 52.5 Å². The number of hydrogen-bond donors (Lipinski definition) is 2. The maximum absolute atomic E-state index is 5.93. The maximum atomic E-state index is 5.93. The lowest BCUT2D eigenvalue weighted by atomic mass is 11.9. The average molecular weight is 296 g/mol. The van der Waals surface area contributed by atoms with Crippen molar-refractivity contribution < 1.29 is 0 Å². The van der Waals surface area contributed by atoms with Gasteiger partial charge in [0.25, 0.3) is 0 Å². The fraction of sp³-hybridized carbons (Fsp3) is 1.00. The second kappa shape index (κ2) is 4.37. The molecule has 1 rings (SSSR count). The average Bonchev–Trinajstić information content (AvgIpc) is 1.92. The molecule has 1 saturated heterocycles. The van der Waals surface area contributed by atoms with Gasteiger partial charge in [0.2, 0.25) is 0 Å². The molecule has 1 heterocycles.